The molecule has 0 saturated carbocycles. The van der Waals surface area contributed by atoms with Gasteiger partial charge in [0.1, 0.15) is 17.2 Å². The third-order valence-corrected chi connectivity index (χ3v) is 11.2. The van der Waals surface area contributed by atoms with Crippen molar-refractivity contribution < 1.29 is 15.3 Å². The Hall–Kier alpha value is -3.93. The molecule has 0 unspecified atom stereocenters. The molecule has 0 aromatic heterocycles. The summed E-state index contributed by atoms with van der Waals surface area (Å²) < 4.78 is 0. The lowest BCUT2D eigenvalue weighted by Gasteiger charge is -2.30. The van der Waals surface area contributed by atoms with E-state index in [1.165, 1.54) is 16.7 Å². The summed E-state index contributed by atoms with van der Waals surface area (Å²) >= 11 is 0. The summed E-state index contributed by atoms with van der Waals surface area (Å²) in [5, 5.41) is 41.3. The molecule has 1 aliphatic rings. The molecule has 3 aromatic carbocycles. The van der Waals surface area contributed by atoms with Crippen LogP contribution in [0.4, 0.5) is 0 Å². The van der Waals surface area contributed by atoms with Crippen LogP contribution in [-0.2, 0) is 51.8 Å². The normalized spacial score (nSPS) is 14.7. The third-order valence-electron chi connectivity index (χ3n) is 11.2. The third kappa shape index (κ3) is 11.4. The van der Waals surface area contributed by atoms with Crippen LogP contribution < -0.4 is 5.43 Å². The van der Waals surface area contributed by atoms with E-state index in [0.29, 0.717) is 23.8 Å². The maximum Gasteiger partial charge on any atom is 0.123 e. The van der Waals surface area contributed by atoms with Crippen molar-refractivity contribution in [3.63, 3.8) is 0 Å². The summed E-state index contributed by atoms with van der Waals surface area (Å²) in [5.41, 5.74) is 14.1. The molecule has 0 saturated heterocycles. The number of benzene rings is 3. The van der Waals surface area contributed by atoms with Gasteiger partial charge in [-0.05, 0) is 121 Å². The van der Waals surface area contributed by atoms with Crippen LogP contribution >= 0.6 is 0 Å². The summed E-state index contributed by atoms with van der Waals surface area (Å²) in [5.74, 6) is 1.21. The zero-order valence-electron chi connectivity index (χ0n) is 39.0. The Morgan fingerprint density at radius 3 is 1.00 bits per heavy atom. The number of hydrogen-bond donors (Lipinski definition) is 4. The molecule has 0 aliphatic carbocycles. The number of phenolic OH excluding ortho intramolecular Hbond substituents is 3. The second kappa shape index (κ2) is 16.0. The fourth-order valence-electron chi connectivity index (χ4n) is 7.70. The number of nitrogens with zero attached hydrogens (tertiary/aromatic N) is 2. The second-order valence-electron chi connectivity index (χ2n) is 22.9. The molecule has 1 aliphatic heterocycles. The van der Waals surface area contributed by atoms with Crippen molar-refractivity contribution >= 4 is 5.71 Å². The van der Waals surface area contributed by atoms with Crippen LogP contribution in [0.25, 0.3) is 0 Å². The lowest BCUT2D eigenvalue weighted by atomic mass is 9.78. The number of phenols is 3. The largest absolute Gasteiger partial charge is 0.507 e. The summed E-state index contributed by atoms with van der Waals surface area (Å²) in [6.07, 6.45) is 6.13. The lowest BCUT2D eigenvalue weighted by Crippen LogP contribution is -2.38. The van der Waals surface area contributed by atoms with Crippen molar-refractivity contribution in [1.82, 2.24) is 10.5 Å². The van der Waals surface area contributed by atoms with Crippen molar-refractivity contribution in [3.8, 4) is 17.2 Å². The molecule has 1 heterocycles. The van der Waals surface area contributed by atoms with E-state index in [0.717, 1.165) is 76.9 Å². The van der Waals surface area contributed by atoms with Crippen molar-refractivity contribution in [2.75, 3.05) is 6.54 Å². The van der Waals surface area contributed by atoms with Gasteiger partial charge in [0, 0.05) is 5.70 Å². The quantitative estimate of drug-likeness (QED) is 0.174. The van der Waals surface area contributed by atoms with E-state index in [1.54, 1.807) is 0 Å². The van der Waals surface area contributed by atoms with Gasteiger partial charge in [0.15, 0.2) is 0 Å². The van der Waals surface area contributed by atoms with E-state index in [1.807, 2.05) is 5.12 Å². The zero-order chi connectivity index (χ0) is 43.3. The maximum absolute atomic E-state index is 11.4. The molecule has 0 spiro atoms. The van der Waals surface area contributed by atoms with Crippen LogP contribution in [-0.4, -0.2) is 32.7 Å². The predicted molar refractivity (Wildman–Crippen MR) is 242 cm³/mol. The first-order valence-electron chi connectivity index (χ1n) is 21.2. The number of aryl methyl sites for hydroxylation is 2. The van der Waals surface area contributed by atoms with Gasteiger partial charge in [-0.2, -0.15) is 5.10 Å². The molecule has 0 fully saturated rings. The standard InChI is InChI=1S/C51H77N3O3/c1-46(2,3)37-25-32(26-38(43(37)55)47(4,5)6)19-21-35-31-36(22-20-33-27-39(48(7,8)9)44(56)40(28-33)49(10,11)12)53-54(52-35)24-23-34-29-41(50(13,14)15)45(57)42(30-34)51(16,17)18/h25-31,52,55-57H,19-24H2,1-18H3. The summed E-state index contributed by atoms with van der Waals surface area (Å²) in [7, 11) is 0. The Morgan fingerprint density at radius 1 is 0.421 bits per heavy atom. The first-order valence-corrected chi connectivity index (χ1v) is 21.2. The Labute approximate surface area is 346 Å². The highest BCUT2D eigenvalue weighted by Gasteiger charge is 2.30. The molecular weight excluding hydrogens is 703 g/mol. The average Bonchev–Trinajstić information content (AvgIpc) is 3.03. The van der Waals surface area contributed by atoms with Gasteiger partial charge in [0.2, 0.25) is 0 Å². The van der Waals surface area contributed by atoms with E-state index in [-0.39, 0.29) is 32.5 Å². The van der Waals surface area contributed by atoms with Crippen LogP contribution in [0.15, 0.2) is 53.3 Å². The Balaban J connectivity index is 1.71. The minimum absolute atomic E-state index is 0.193. The number of rotatable bonds is 9. The van der Waals surface area contributed by atoms with E-state index in [4.69, 9.17) is 5.10 Å². The van der Waals surface area contributed by atoms with Crippen molar-refractivity contribution in [1.29, 1.82) is 0 Å². The van der Waals surface area contributed by atoms with Gasteiger partial charge in [-0.15, -0.1) is 0 Å². The summed E-state index contributed by atoms with van der Waals surface area (Å²) in [6.45, 7) is 39.5. The van der Waals surface area contributed by atoms with Gasteiger partial charge >= 0.3 is 0 Å². The smallest absolute Gasteiger partial charge is 0.123 e. The Bertz CT molecular complexity index is 1890. The SMILES string of the molecule is CC(C)(C)c1cc(CCC2=CC(CCc3cc(C(C)(C)C)c(O)c(C(C)(C)C)c3)=NN(CCc3cc(C(C)(C)C)c(O)c(C(C)(C)C)c3)N2)cc(C(C)(C)C)c1O. The Morgan fingerprint density at radius 2 is 0.702 bits per heavy atom. The monoisotopic (exact) mass is 780 g/mol. The highest BCUT2D eigenvalue weighted by atomic mass is 16.3. The van der Waals surface area contributed by atoms with E-state index < -0.39 is 0 Å². The van der Waals surface area contributed by atoms with Gasteiger partial charge in [-0.25, -0.2) is 5.12 Å². The minimum Gasteiger partial charge on any atom is -0.507 e. The van der Waals surface area contributed by atoms with Crippen molar-refractivity contribution in [3.05, 3.63) is 98.2 Å². The molecule has 6 nitrogen and oxygen atoms in total. The predicted octanol–water partition coefficient (Wildman–Crippen LogP) is 12.5. The fraction of sp³-hybridized carbons (Fsp3) is 0.588. The van der Waals surface area contributed by atoms with Gasteiger partial charge in [-0.3, -0.25) is 5.43 Å². The molecule has 6 heteroatoms. The average molecular weight is 780 g/mol. The summed E-state index contributed by atoms with van der Waals surface area (Å²) in [6, 6.07) is 13.1. The topological polar surface area (TPSA) is 88.3 Å². The van der Waals surface area contributed by atoms with Gasteiger partial charge in [0.25, 0.3) is 0 Å². The van der Waals surface area contributed by atoms with E-state index >= 15 is 0 Å². The number of aromatic hydroxyl groups is 3. The lowest BCUT2D eigenvalue weighted by molar-refractivity contribution is 0.217. The van der Waals surface area contributed by atoms with Crippen LogP contribution in [0.3, 0.4) is 0 Å². The number of allylic oxidation sites excluding steroid dienone is 2. The maximum atomic E-state index is 11.4. The van der Waals surface area contributed by atoms with Gasteiger partial charge < -0.3 is 15.3 Å². The molecule has 0 bridgehead atoms. The number of hydrazone groups is 1. The second-order valence-corrected chi connectivity index (χ2v) is 22.9. The van der Waals surface area contributed by atoms with Gasteiger partial charge in [-0.1, -0.05) is 161 Å². The molecule has 57 heavy (non-hydrogen) atoms. The van der Waals surface area contributed by atoms with Crippen LogP contribution in [0, 0.1) is 0 Å². The highest BCUT2D eigenvalue weighted by Crippen LogP contribution is 2.43. The van der Waals surface area contributed by atoms with Crippen molar-refractivity contribution in [2.45, 2.75) is 189 Å². The fourth-order valence-corrected chi connectivity index (χ4v) is 7.70. The Kier molecular flexibility index (Phi) is 12.9. The highest BCUT2D eigenvalue weighted by molar-refractivity contribution is 5.95. The van der Waals surface area contributed by atoms with Gasteiger partial charge in [0.05, 0.1) is 12.3 Å². The van der Waals surface area contributed by atoms with E-state index in [9.17, 15) is 15.3 Å². The molecule has 0 radical (unpaired) electrons. The zero-order valence-corrected chi connectivity index (χ0v) is 39.0. The van der Waals surface area contributed by atoms with E-state index in [2.05, 4.69) is 173 Å². The van der Waals surface area contributed by atoms with Crippen LogP contribution in [0.1, 0.15) is 188 Å². The molecule has 314 valence electrons. The van der Waals surface area contributed by atoms with Crippen molar-refractivity contribution in [2.24, 2.45) is 5.10 Å². The first kappa shape index (κ1) is 45.8. The first-order chi connectivity index (χ1) is 25.8. The molecule has 3 aromatic rings. The number of hydrogen-bond acceptors (Lipinski definition) is 6. The molecule has 4 N–H and O–H groups in total. The molecular formula is C51H77N3O3. The molecule has 0 amide bonds. The minimum atomic E-state index is -0.202. The molecule has 4 rings (SSSR count). The van der Waals surface area contributed by atoms with Crippen LogP contribution in [0.2, 0.25) is 0 Å². The molecule has 0 atom stereocenters. The number of nitrogens with one attached hydrogen (secondary N) is 1. The van der Waals surface area contributed by atoms with Crippen LogP contribution in [0.5, 0.6) is 17.2 Å². The number of hydrazine groups is 1. The summed E-state index contributed by atoms with van der Waals surface area (Å²) in [4.78, 5) is 0.